The van der Waals surface area contributed by atoms with Gasteiger partial charge in [-0.05, 0) is 24.1 Å². The van der Waals surface area contributed by atoms with Crippen molar-refractivity contribution in [3.8, 4) is 0 Å². The number of anilines is 1. The van der Waals surface area contributed by atoms with Crippen molar-refractivity contribution in [3.05, 3.63) is 59.9 Å². The summed E-state index contributed by atoms with van der Waals surface area (Å²) in [7, 11) is 4.18. The van der Waals surface area contributed by atoms with E-state index in [0.717, 1.165) is 23.2 Å². The minimum Gasteiger partial charge on any atom is -0.340 e. The summed E-state index contributed by atoms with van der Waals surface area (Å²) in [6, 6.07) is 14.9. The molecule has 1 heterocycles. The van der Waals surface area contributed by atoms with Crippen LogP contribution >= 0.6 is 11.3 Å². The van der Waals surface area contributed by atoms with Gasteiger partial charge in [0.05, 0.1) is 25.3 Å². The van der Waals surface area contributed by atoms with Crippen LogP contribution in [0.25, 0.3) is 10.2 Å². The maximum absolute atomic E-state index is 14.0. The first kappa shape index (κ1) is 19.5. The fourth-order valence-corrected chi connectivity index (χ4v) is 3.99. The highest BCUT2D eigenvalue weighted by Crippen LogP contribution is 2.30. The van der Waals surface area contributed by atoms with Crippen LogP contribution in [0.5, 0.6) is 0 Å². The van der Waals surface area contributed by atoms with Crippen LogP contribution in [0.1, 0.15) is 18.4 Å². The summed E-state index contributed by atoms with van der Waals surface area (Å²) in [6.45, 7) is 1.56. The Kier molecular flexibility index (Phi) is 6.53. The number of carbonyl (C=O) groups is 1. The molecule has 0 spiro atoms. The molecule has 0 saturated heterocycles. The number of nitrogens with zero attached hydrogens (tertiary/aromatic N) is 2. The van der Waals surface area contributed by atoms with E-state index in [1.54, 1.807) is 11.0 Å². The molecule has 0 aliphatic rings. The van der Waals surface area contributed by atoms with Crippen LogP contribution in [0.3, 0.4) is 0 Å². The average molecular weight is 387 g/mol. The van der Waals surface area contributed by atoms with E-state index in [-0.39, 0.29) is 11.7 Å². The number of carbonyl (C=O) groups excluding carboxylic acids is 1. The Morgan fingerprint density at radius 2 is 1.93 bits per heavy atom. The lowest BCUT2D eigenvalue weighted by molar-refractivity contribution is -0.858. The Balaban J connectivity index is 1.78. The van der Waals surface area contributed by atoms with Crippen molar-refractivity contribution >= 4 is 32.6 Å². The number of thiazole rings is 1. The summed E-state index contributed by atoms with van der Waals surface area (Å²) < 4.78 is 14.8. The third kappa shape index (κ3) is 5.11. The maximum atomic E-state index is 14.0. The zero-order valence-electron chi connectivity index (χ0n) is 15.7. The molecule has 0 fully saturated rings. The third-order valence-corrected chi connectivity index (χ3v) is 5.46. The van der Waals surface area contributed by atoms with Crippen molar-refractivity contribution in [2.24, 2.45) is 0 Å². The summed E-state index contributed by atoms with van der Waals surface area (Å²) >= 11 is 1.38. The van der Waals surface area contributed by atoms with Crippen molar-refractivity contribution < 1.29 is 14.1 Å². The number of halogens is 1. The van der Waals surface area contributed by atoms with Crippen LogP contribution in [0.2, 0.25) is 0 Å². The van der Waals surface area contributed by atoms with E-state index in [2.05, 4.69) is 19.1 Å². The number of aryl methyl sites for hydroxylation is 1. The highest BCUT2D eigenvalue weighted by atomic mass is 32.1. The van der Waals surface area contributed by atoms with E-state index in [9.17, 15) is 9.18 Å². The SMILES string of the molecule is C[NH+](C)CCCN(C(=O)CCc1ccccc1)c1nc2c(F)cccc2s1. The van der Waals surface area contributed by atoms with Gasteiger partial charge in [-0.3, -0.25) is 9.69 Å². The van der Waals surface area contributed by atoms with Gasteiger partial charge in [-0.1, -0.05) is 47.7 Å². The molecule has 0 unspecified atom stereocenters. The lowest BCUT2D eigenvalue weighted by Crippen LogP contribution is -3.05. The van der Waals surface area contributed by atoms with Gasteiger partial charge in [0.1, 0.15) is 11.3 Å². The highest BCUT2D eigenvalue weighted by Gasteiger charge is 2.20. The first-order chi connectivity index (χ1) is 13.0. The zero-order valence-corrected chi connectivity index (χ0v) is 16.6. The number of amides is 1. The van der Waals surface area contributed by atoms with Crippen molar-refractivity contribution in [1.29, 1.82) is 0 Å². The summed E-state index contributed by atoms with van der Waals surface area (Å²) in [6.07, 6.45) is 1.98. The van der Waals surface area contributed by atoms with Crippen molar-refractivity contribution in [2.45, 2.75) is 19.3 Å². The number of hydrogen-bond donors (Lipinski definition) is 1. The van der Waals surface area contributed by atoms with E-state index in [1.165, 1.54) is 22.3 Å². The minimum absolute atomic E-state index is 0.0343. The van der Waals surface area contributed by atoms with Crippen LogP contribution in [0.15, 0.2) is 48.5 Å². The average Bonchev–Trinajstić information content (AvgIpc) is 3.09. The molecule has 6 heteroatoms. The number of hydrogen-bond acceptors (Lipinski definition) is 3. The minimum atomic E-state index is -0.343. The molecule has 4 nitrogen and oxygen atoms in total. The second-order valence-electron chi connectivity index (χ2n) is 6.92. The molecule has 0 bridgehead atoms. The summed E-state index contributed by atoms with van der Waals surface area (Å²) in [4.78, 5) is 20.4. The maximum Gasteiger partial charge on any atom is 0.229 e. The Labute approximate surface area is 163 Å². The van der Waals surface area contributed by atoms with Gasteiger partial charge in [-0.25, -0.2) is 9.37 Å². The molecule has 3 aromatic rings. The van der Waals surface area contributed by atoms with E-state index in [1.807, 2.05) is 36.4 Å². The predicted octanol–water partition coefficient (Wildman–Crippen LogP) is 2.94. The lowest BCUT2D eigenvalue weighted by atomic mass is 10.1. The molecule has 0 atom stereocenters. The Morgan fingerprint density at radius 1 is 1.15 bits per heavy atom. The monoisotopic (exact) mass is 386 g/mol. The molecule has 142 valence electrons. The molecule has 0 aliphatic carbocycles. The van der Waals surface area contributed by atoms with E-state index in [4.69, 9.17) is 0 Å². The Hall–Kier alpha value is -2.31. The topological polar surface area (TPSA) is 37.6 Å². The smallest absolute Gasteiger partial charge is 0.229 e. The zero-order chi connectivity index (χ0) is 19.2. The summed E-state index contributed by atoms with van der Waals surface area (Å²) in [5.41, 5.74) is 1.48. The predicted molar refractivity (Wildman–Crippen MR) is 109 cm³/mol. The molecule has 1 N–H and O–H groups in total. The van der Waals surface area contributed by atoms with Gasteiger partial charge in [0.2, 0.25) is 5.91 Å². The third-order valence-electron chi connectivity index (χ3n) is 4.42. The molecule has 1 amide bonds. The Bertz CT molecular complexity index is 895. The molecule has 3 rings (SSSR count). The van der Waals surface area contributed by atoms with Gasteiger partial charge in [-0.15, -0.1) is 0 Å². The number of nitrogens with one attached hydrogen (secondary N) is 1. The van der Waals surface area contributed by atoms with Crippen molar-refractivity contribution in [2.75, 3.05) is 32.1 Å². The number of quaternary nitrogens is 1. The molecule has 0 saturated carbocycles. The van der Waals surface area contributed by atoms with E-state index < -0.39 is 0 Å². The number of rotatable bonds is 8. The van der Waals surface area contributed by atoms with Crippen LogP contribution in [-0.2, 0) is 11.2 Å². The first-order valence-electron chi connectivity index (χ1n) is 9.23. The molecule has 27 heavy (non-hydrogen) atoms. The van der Waals surface area contributed by atoms with Crippen LogP contribution in [0, 0.1) is 5.82 Å². The number of fused-ring (bicyclic) bond motifs is 1. The van der Waals surface area contributed by atoms with Crippen molar-refractivity contribution in [3.63, 3.8) is 0 Å². The molecular weight excluding hydrogens is 361 g/mol. The van der Waals surface area contributed by atoms with Crippen molar-refractivity contribution in [1.82, 2.24) is 4.98 Å². The fourth-order valence-electron chi connectivity index (χ4n) is 2.97. The van der Waals surface area contributed by atoms with Gasteiger partial charge in [-0.2, -0.15) is 0 Å². The number of benzene rings is 2. The molecule has 2 aromatic carbocycles. The Morgan fingerprint density at radius 3 is 2.63 bits per heavy atom. The first-order valence-corrected chi connectivity index (χ1v) is 10.0. The number of aromatic nitrogens is 1. The number of para-hydroxylation sites is 1. The highest BCUT2D eigenvalue weighted by molar-refractivity contribution is 7.22. The van der Waals surface area contributed by atoms with Crippen LogP contribution in [0.4, 0.5) is 9.52 Å². The van der Waals surface area contributed by atoms with Gasteiger partial charge >= 0.3 is 0 Å². The summed E-state index contributed by atoms with van der Waals surface area (Å²) in [5.74, 6) is -0.309. The summed E-state index contributed by atoms with van der Waals surface area (Å²) in [5, 5.41) is 0.585. The molecular formula is C21H25FN3OS+. The van der Waals surface area contributed by atoms with Crippen LogP contribution in [-0.4, -0.2) is 38.1 Å². The van der Waals surface area contributed by atoms with Crippen LogP contribution < -0.4 is 9.80 Å². The largest absolute Gasteiger partial charge is 0.340 e. The second kappa shape index (κ2) is 9.06. The fraction of sp³-hybridized carbons (Fsp3) is 0.333. The molecule has 0 radical (unpaired) electrons. The second-order valence-corrected chi connectivity index (χ2v) is 7.93. The van der Waals surface area contributed by atoms with Gasteiger partial charge in [0.15, 0.2) is 5.13 Å². The molecule has 1 aromatic heterocycles. The van der Waals surface area contributed by atoms with E-state index >= 15 is 0 Å². The normalized spacial score (nSPS) is 11.3. The lowest BCUT2D eigenvalue weighted by Gasteiger charge is -2.20. The standard InChI is InChI=1S/C21H24FN3OS/c1-24(2)14-7-15-25(19(26)13-12-16-8-4-3-5-9-16)21-23-20-17(22)10-6-11-18(20)27-21/h3-6,8-11H,7,12-15H2,1-2H3/p+1. The van der Waals surface area contributed by atoms with Gasteiger partial charge in [0.25, 0.3) is 0 Å². The van der Waals surface area contributed by atoms with Gasteiger partial charge in [0, 0.05) is 19.4 Å². The quantitative estimate of drug-likeness (QED) is 0.646. The molecule has 0 aliphatic heterocycles. The van der Waals surface area contributed by atoms with E-state index in [0.29, 0.717) is 30.0 Å². The van der Waals surface area contributed by atoms with Gasteiger partial charge < -0.3 is 4.90 Å².